The van der Waals surface area contributed by atoms with E-state index in [2.05, 4.69) is 48.5 Å². The SMILES string of the molecule is Cc1ccc(-c2ccc(Sc3ccc(CCC(N)(CO)CO)cc3)cc2)o1.Cl. The molecule has 150 valence electrons. The topological polar surface area (TPSA) is 79.6 Å². The van der Waals surface area contributed by atoms with Gasteiger partial charge in [0, 0.05) is 15.4 Å². The summed E-state index contributed by atoms with van der Waals surface area (Å²) in [4.78, 5) is 2.32. The van der Waals surface area contributed by atoms with E-state index >= 15 is 0 Å². The molecule has 2 aromatic carbocycles. The van der Waals surface area contributed by atoms with E-state index in [-0.39, 0.29) is 25.6 Å². The first-order chi connectivity index (χ1) is 13.0. The summed E-state index contributed by atoms with van der Waals surface area (Å²) in [5.74, 6) is 1.79. The van der Waals surface area contributed by atoms with E-state index in [0.717, 1.165) is 38.9 Å². The van der Waals surface area contributed by atoms with Crippen molar-refractivity contribution in [2.45, 2.75) is 35.1 Å². The molecule has 3 aromatic rings. The minimum Gasteiger partial charge on any atom is -0.461 e. The molecule has 1 heterocycles. The first kappa shape index (κ1) is 22.5. The van der Waals surface area contributed by atoms with E-state index in [0.29, 0.717) is 6.42 Å². The lowest BCUT2D eigenvalue weighted by Crippen LogP contribution is -2.47. The van der Waals surface area contributed by atoms with Gasteiger partial charge >= 0.3 is 0 Å². The fourth-order valence-corrected chi connectivity index (χ4v) is 3.56. The number of hydrogen-bond acceptors (Lipinski definition) is 5. The zero-order chi connectivity index (χ0) is 19.3. The van der Waals surface area contributed by atoms with Gasteiger partial charge in [0.25, 0.3) is 0 Å². The third-order valence-corrected chi connectivity index (χ3v) is 5.60. The highest BCUT2D eigenvalue weighted by molar-refractivity contribution is 7.99. The van der Waals surface area contributed by atoms with Crippen LogP contribution in [-0.2, 0) is 6.42 Å². The van der Waals surface area contributed by atoms with Crippen LogP contribution in [0.1, 0.15) is 17.7 Å². The summed E-state index contributed by atoms with van der Waals surface area (Å²) >= 11 is 1.70. The zero-order valence-corrected chi connectivity index (χ0v) is 17.4. The molecule has 0 saturated heterocycles. The third kappa shape index (κ3) is 5.87. The maximum absolute atomic E-state index is 9.27. The highest BCUT2D eigenvalue weighted by atomic mass is 35.5. The van der Waals surface area contributed by atoms with Crippen molar-refractivity contribution in [3.8, 4) is 11.3 Å². The predicted molar refractivity (Wildman–Crippen MR) is 116 cm³/mol. The largest absolute Gasteiger partial charge is 0.461 e. The minimum atomic E-state index is -0.915. The van der Waals surface area contributed by atoms with E-state index in [1.165, 1.54) is 0 Å². The lowest BCUT2D eigenvalue weighted by molar-refractivity contribution is 0.115. The Balaban J connectivity index is 0.00000280. The molecule has 0 saturated carbocycles. The second-order valence-corrected chi connectivity index (χ2v) is 8.01. The monoisotopic (exact) mass is 419 g/mol. The van der Waals surface area contributed by atoms with Gasteiger partial charge in [0.2, 0.25) is 0 Å². The summed E-state index contributed by atoms with van der Waals surface area (Å²) in [6, 6.07) is 20.6. The summed E-state index contributed by atoms with van der Waals surface area (Å²) in [6.07, 6.45) is 1.26. The normalized spacial score (nSPS) is 11.3. The first-order valence-electron chi connectivity index (χ1n) is 8.96. The molecule has 4 N–H and O–H groups in total. The Bertz CT molecular complexity index is 858. The number of aryl methyl sites for hydroxylation is 2. The molecule has 6 heteroatoms. The van der Waals surface area contributed by atoms with Gasteiger partial charge in [0.1, 0.15) is 11.5 Å². The van der Waals surface area contributed by atoms with Crippen molar-refractivity contribution in [3.05, 3.63) is 72.0 Å². The Morgan fingerprint density at radius 3 is 1.96 bits per heavy atom. The van der Waals surface area contributed by atoms with Crippen LogP contribution in [0.3, 0.4) is 0 Å². The number of aliphatic hydroxyl groups excluding tert-OH is 2. The van der Waals surface area contributed by atoms with Gasteiger partial charge in [-0.25, -0.2) is 0 Å². The van der Waals surface area contributed by atoms with Gasteiger partial charge in [-0.05, 0) is 61.7 Å². The molecule has 0 amide bonds. The van der Waals surface area contributed by atoms with Crippen LogP contribution in [0.25, 0.3) is 11.3 Å². The molecule has 0 atom stereocenters. The molecule has 0 fully saturated rings. The van der Waals surface area contributed by atoms with Gasteiger partial charge < -0.3 is 20.4 Å². The number of benzene rings is 2. The molecule has 0 bridgehead atoms. The minimum absolute atomic E-state index is 0. The van der Waals surface area contributed by atoms with E-state index in [1.807, 2.05) is 19.1 Å². The summed E-state index contributed by atoms with van der Waals surface area (Å²) < 4.78 is 5.66. The van der Waals surface area contributed by atoms with Crippen molar-refractivity contribution < 1.29 is 14.6 Å². The van der Waals surface area contributed by atoms with Crippen LogP contribution in [0.15, 0.2) is 74.9 Å². The average Bonchev–Trinajstić information content (AvgIpc) is 3.14. The summed E-state index contributed by atoms with van der Waals surface area (Å²) in [5, 5.41) is 18.5. The second kappa shape index (κ2) is 10.1. The van der Waals surface area contributed by atoms with Crippen molar-refractivity contribution in [2.75, 3.05) is 13.2 Å². The van der Waals surface area contributed by atoms with Crippen LogP contribution in [0.5, 0.6) is 0 Å². The van der Waals surface area contributed by atoms with Crippen LogP contribution >= 0.6 is 24.2 Å². The van der Waals surface area contributed by atoms with E-state index in [9.17, 15) is 10.2 Å². The van der Waals surface area contributed by atoms with Gasteiger partial charge in [-0.1, -0.05) is 36.0 Å². The van der Waals surface area contributed by atoms with Crippen molar-refractivity contribution >= 4 is 24.2 Å². The van der Waals surface area contributed by atoms with Gasteiger partial charge in [0.15, 0.2) is 0 Å². The summed E-state index contributed by atoms with van der Waals surface area (Å²) in [5.41, 5.74) is 7.21. The molecule has 4 nitrogen and oxygen atoms in total. The Hall–Kier alpha value is -1.76. The van der Waals surface area contributed by atoms with Crippen LogP contribution < -0.4 is 5.73 Å². The average molecular weight is 420 g/mol. The number of halogens is 1. The Kier molecular flexibility index (Phi) is 8.16. The van der Waals surface area contributed by atoms with Crippen LogP contribution in [0, 0.1) is 6.92 Å². The van der Waals surface area contributed by atoms with E-state index in [1.54, 1.807) is 11.8 Å². The molecule has 0 unspecified atom stereocenters. The molecule has 3 rings (SSSR count). The van der Waals surface area contributed by atoms with Crippen LogP contribution in [-0.4, -0.2) is 29.0 Å². The molecular weight excluding hydrogens is 394 g/mol. The molecule has 1 aromatic heterocycles. The van der Waals surface area contributed by atoms with Gasteiger partial charge in [-0.3, -0.25) is 0 Å². The molecule has 0 radical (unpaired) electrons. The fraction of sp³-hybridized carbons (Fsp3) is 0.273. The van der Waals surface area contributed by atoms with Gasteiger partial charge in [-0.15, -0.1) is 12.4 Å². The molecule has 0 spiro atoms. The lowest BCUT2D eigenvalue weighted by Gasteiger charge is -2.24. The Labute approximate surface area is 176 Å². The van der Waals surface area contributed by atoms with Crippen molar-refractivity contribution in [2.24, 2.45) is 5.73 Å². The number of aliphatic hydroxyl groups is 2. The van der Waals surface area contributed by atoms with Crippen molar-refractivity contribution in [3.63, 3.8) is 0 Å². The molecule has 0 aliphatic heterocycles. The quantitative estimate of drug-likeness (QED) is 0.503. The third-order valence-electron chi connectivity index (χ3n) is 4.58. The van der Waals surface area contributed by atoms with Gasteiger partial charge in [0.05, 0.1) is 18.8 Å². The Morgan fingerprint density at radius 1 is 0.893 bits per heavy atom. The molecule has 0 aliphatic rings. The smallest absolute Gasteiger partial charge is 0.134 e. The van der Waals surface area contributed by atoms with Crippen molar-refractivity contribution in [1.29, 1.82) is 0 Å². The number of rotatable bonds is 8. The van der Waals surface area contributed by atoms with Crippen molar-refractivity contribution in [1.82, 2.24) is 0 Å². The lowest BCUT2D eigenvalue weighted by atomic mass is 9.94. The summed E-state index contributed by atoms with van der Waals surface area (Å²) in [6.45, 7) is 1.51. The molecular formula is C22H26ClNO3S. The summed E-state index contributed by atoms with van der Waals surface area (Å²) in [7, 11) is 0. The molecule has 0 aliphatic carbocycles. The highest BCUT2D eigenvalue weighted by Crippen LogP contribution is 2.30. The number of hydrogen-bond donors (Lipinski definition) is 3. The maximum Gasteiger partial charge on any atom is 0.134 e. The van der Waals surface area contributed by atoms with E-state index in [4.69, 9.17) is 10.2 Å². The number of furan rings is 1. The number of nitrogens with two attached hydrogens (primary N) is 1. The zero-order valence-electron chi connectivity index (χ0n) is 15.8. The standard InChI is InChI=1S/C22H25NO3S.ClH/c1-16-2-11-21(26-16)18-5-9-20(10-6-18)27-19-7-3-17(4-8-19)12-13-22(23,14-24)15-25;/h2-11,24-25H,12-15,23H2,1H3;1H. The van der Waals surface area contributed by atoms with E-state index < -0.39 is 5.54 Å². The fourth-order valence-electron chi connectivity index (χ4n) is 2.74. The van der Waals surface area contributed by atoms with Gasteiger partial charge in [-0.2, -0.15) is 0 Å². The predicted octanol–water partition coefficient (Wildman–Crippen LogP) is 4.44. The van der Waals surface area contributed by atoms with Crippen LogP contribution in [0.4, 0.5) is 0 Å². The molecule has 28 heavy (non-hydrogen) atoms. The highest BCUT2D eigenvalue weighted by Gasteiger charge is 2.22. The Morgan fingerprint density at radius 2 is 1.46 bits per heavy atom. The first-order valence-corrected chi connectivity index (χ1v) is 9.77. The maximum atomic E-state index is 9.27. The second-order valence-electron chi connectivity index (χ2n) is 6.86. The van der Waals surface area contributed by atoms with Crippen LogP contribution in [0.2, 0.25) is 0 Å².